The number of aromatic nitrogens is 2. The van der Waals surface area contributed by atoms with Gasteiger partial charge in [0, 0.05) is 18.8 Å². The quantitative estimate of drug-likeness (QED) is 0.828. The Morgan fingerprint density at radius 3 is 2.69 bits per heavy atom. The van der Waals surface area contributed by atoms with Gasteiger partial charge < -0.3 is 10.5 Å². The summed E-state index contributed by atoms with van der Waals surface area (Å²) in [5.74, 6) is 0. The molecule has 1 aromatic heterocycles. The van der Waals surface area contributed by atoms with Gasteiger partial charge >= 0.3 is 0 Å². The van der Waals surface area contributed by atoms with Gasteiger partial charge in [0.05, 0.1) is 18.4 Å². The lowest BCUT2D eigenvalue weighted by molar-refractivity contribution is -0.00983. The number of aryl methyl sites for hydroxylation is 1. The molecule has 0 saturated heterocycles. The number of hydrogen-bond acceptors (Lipinski definition) is 3. The van der Waals surface area contributed by atoms with Crippen LogP contribution in [0.3, 0.4) is 0 Å². The third-order valence-electron chi connectivity index (χ3n) is 2.24. The highest BCUT2D eigenvalue weighted by Gasteiger charge is 2.13. The van der Waals surface area contributed by atoms with E-state index in [-0.39, 0.29) is 11.6 Å². The van der Waals surface area contributed by atoms with Crippen molar-refractivity contribution in [3.63, 3.8) is 0 Å². The minimum absolute atomic E-state index is 0.0359. The average Bonchev–Trinajstić information content (AvgIpc) is 2.61. The molecule has 1 atom stereocenters. The Balaban J connectivity index is 2.36. The van der Waals surface area contributed by atoms with Gasteiger partial charge in [0.25, 0.3) is 0 Å². The first-order valence-electron chi connectivity index (χ1n) is 5.81. The molecule has 16 heavy (non-hydrogen) atoms. The molecule has 1 rings (SSSR count). The molecule has 0 aliphatic carbocycles. The summed E-state index contributed by atoms with van der Waals surface area (Å²) in [6.45, 7) is 9.66. The van der Waals surface area contributed by atoms with Gasteiger partial charge in [-0.05, 0) is 39.7 Å². The monoisotopic (exact) mass is 225 g/mol. The van der Waals surface area contributed by atoms with E-state index in [1.165, 1.54) is 5.56 Å². The molecule has 1 heterocycles. The Morgan fingerprint density at radius 1 is 1.50 bits per heavy atom. The second kappa shape index (κ2) is 5.46. The first-order chi connectivity index (χ1) is 7.40. The predicted molar refractivity (Wildman–Crippen MR) is 65.3 cm³/mol. The molecule has 1 unspecified atom stereocenters. The Labute approximate surface area is 97.8 Å². The Morgan fingerprint density at radius 2 is 2.19 bits per heavy atom. The Hall–Kier alpha value is -0.870. The molecule has 0 fully saturated rings. The van der Waals surface area contributed by atoms with Gasteiger partial charge in [-0.3, -0.25) is 4.68 Å². The lowest BCUT2D eigenvalue weighted by atomic mass is 10.1. The molecule has 4 heteroatoms. The molecule has 0 saturated carbocycles. The van der Waals surface area contributed by atoms with Crippen LogP contribution in [0.4, 0.5) is 0 Å². The predicted octanol–water partition coefficient (Wildman–Crippen LogP) is 1.59. The fourth-order valence-corrected chi connectivity index (χ4v) is 1.40. The minimum atomic E-state index is -0.120. The molecule has 0 aromatic carbocycles. The first kappa shape index (κ1) is 13.2. The van der Waals surface area contributed by atoms with Crippen LogP contribution in [-0.4, -0.2) is 28.0 Å². The summed E-state index contributed by atoms with van der Waals surface area (Å²) in [7, 11) is 0. The van der Waals surface area contributed by atoms with Crippen LogP contribution >= 0.6 is 0 Å². The minimum Gasteiger partial charge on any atom is -0.374 e. The van der Waals surface area contributed by atoms with Gasteiger partial charge in [0.15, 0.2) is 0 Å². The van der Waals surface area contributed by atoms with Crippen LogP contribution in [0.1, 0.15) is 33.3 Å². The van der Waals surface area contributed by atoms with Crippen LogP contribution in [0.25, 0.3) is 0 Å². The highest BCUT2D eigenvalue weighted by molar-refractivity contribution is 5.05. The van der Waals surface area contributed by atoms with Crippen LogP contribution in [-0.2, 0) is 17.7 Å². The van der Waals surface area contributed by atoms with Crippen LogP contribution in [0.5, 0.6) is 0 Å². The van der Waals surface area contributed by atoms with E-state index in [2.05, 4.69) is 12.0 Å². The lowest BCUT2D eigenvalue weighted by Gasteiger charge is -2.22. The molecule has 0 aliphatic rings. The number of nitrogens with zero attached hydrogens (tertiary/aromatic N) is 2. The summed E-state index contributed by atoms with van der Waals surface area (Å²) in [6, 6.07) is 0.0359. The summed E-state index contributed by atoms with van der Waals surface area (Å²) >= 11 is 0. The van der Waals surface area contributed by atoms with Gasteiger partial charge in [0.1, 0.15) is 0 Å². The van der Waals surface area contributed by atoms with Crippen molar-refractivity contribution in [3.8, 4) is 0 Å². The van der Waals surface area contributed by atoms with Crippen molar-refractivity contribution in [2.75, 3.05) is 6.61 Å². The molecular weight excluding hydrogens is 202 g/mol. The number of nitrogens with two attached hydrogens (primary N) is 1. The van der Waals surface area contributed by atoms with E-state index in [4.69, 9.17) is 10.5 Å². The molecular formula is C12H23N3O. The van der Waals surface area contributed by atoms with Gasteiger partial charge in [0.2, 0.25) is 0 Å². The van der Waals surface area contributed by atoms with Gasteiger partial charge in [-0.1, -0.05) is 0 Å². The number of hydrogen-bond donors (Lipinski definition) is 1. The summed E-state index contributed by atoms with van der Waals surface area (Å²) in [5.41, 5.74) is 7.05. The maximum absolute atomic E-state index is 6.00. The van der Waals surface area contributed by atoms with Crippen LogP contribution in [0, 0.1) is 0 Å². The molecule has 0 radical (unpaired) electrons. The molecule has 0 bridgehead atoms. The lowest BCUT2D eigenvalue weighted by Crippen LogP contribution is -2.33. The SMILES string of the molecule is CCn1cc(CC(N)COC(C)(C)C)cn1. The van der Waals surface area contributed by atoms with Crippen molar-refractivity contribution in [1.82, 2.24) is 9.78 Å². The number of ether oxygens (including phenoxy) is 1. The van der Waals surface area contributed by atoms with E-state index in [9.17, 15) is 0 Å². The second-order valence-electron chi connectivity index (χ2n) is 5.09. The molecule has 4 nitrogen and oxygen atoms in total. The zero-order valence-corrected chi connectivity index (χ0v) is 10.7. The van der Waals surface area contributed by atoms with E-state index < -0.39 is 0 Å². The van der Waals surface area contributed by atoms with Crippen molar-refractivity contribution < 1.29 is 4.74 Å². The van der Waals surface area contributed by atoms with Gasteiger partial charge in [-0.25, -0.2) is 0 Å². The second-order valence-corrected chi connectivity index (χ2v) is 5.09. The molecule has 0 aliphatic heterocycles. The van der Waals surface area contributed by atoms with Crippen molar-refractivity contribution in [2.45, 2.75) is 52.3 Å². The highest BCUT2D eigenvalue weighted by Crippen LogP contribution is 2.08. The average molecular weight is 225 g/mol. The smallest absolute Gasteiger partial charge is 0.0627 e. The summed E-state index contributed by atoms with van der Waals surface area (Å²) < 4.78 is 7.55. The molecule has 0 spiro atoms. The van der Waals surface area contributed by atoms with Crippen molar-refractivity contribution in [3.05, 3.63) is 18.0 Å². The maximum atomic E-state index is 6.00. The molecule has 2 N–H and O–H groups in total. The third kappa shape index (κ3) is 4.77. The summed E-state index contributed by atoms with van der Waals surface area (Å²) in [4.78, 5) is 0. The Kier molecular flexibility index (Phi) is 4.50. The fraction of sp³-hybridized carbons (Fsp3) is 0.750. The third-order valence-corrected chi connectivity index (χ3v) is 2.24. The van der Waals surface area contributed by atoms with Crippen molar-refractivity contribution in [2.24, 2.45) is 5.73 Å². The van der Waals surface area contributed by atoms with Gasteiger partial charge in [-0.15, -0.1) is 0 Å². The van der Waals surface area contributed by atoms with Crippen molar-refractivity contribution >= 4 is 0 Å². The zero-order valence-electron chi connectivity index (χ0n) is 10.7. The highest BCUT2D eigenvalue weighted by atomic mass is 16.5. The standard InChI is InChI=1S/C12H23N3O/c1-5-15-8-10(7-14-15)6-11(13)9-16-12(2,3)4/h7-8,11H,5-6,9,13H2,1-4H3. The van der Waals surface area contributed by atoms with E-state index in [0.29, 0.717) is 6.61 Å². The number of rotatable bonds is 5. The van der Waals surface area contributed by atoms with E-state index >= 15 is 0 Å². The molecule has 92 valence electrons. The van der Waals surface area contributed by atoms with Crippen LogP contribution in [0.15, 0.2) is 12.4 Å². The van der Waals surface area contributed by atoms with Gasteiger partial charge in [-0.2, -0.15) is 5.10 Å². The van der Waals surface area contributed by atoms with Crippen LogP contribution in [0.2, 0.25) is 0 Å². The molecule has 0 amide bonds. The largest absolute Gasteiger partial charge is 0.374 e. The summed E-state index contributed by atoms with van der Waals surface area (Å²) in [6.07, 6.45) is 4.73. The van der Waals surface area contributed by atoms with E-state index in [1.807, 2.05) is 37.8 Å². The summed E-state index contributed by atoms with van der Waals surface area (Å²) in [5, 5.41) is 4.22. The van der Waals surface area contributed by atoms with Crippen LogP contribution < -0.4 is 5.73 Å². The fourth-order valence-electron chi connectivity index (χ4n) is 1.40. The van der Waals surface area contributed by atoms with E-state index in [1.54, 1.807) is 0 Å². The van der Waals surface area contributed by atoms with E-state index in [0.717, 1.165) is 13.0 Å². The zero-order chi connectivity index (χ0) is 12.2. The first-order valence-corrected chi connectivity index (χ1v) is 5.81. The topological polar surface area (TPSA) is 53.1 Å². The normalized spacial score (nSPS) is 14.1. The Bertz CT molecular complexity index is 314. The van der Waals surface area contributed by atoms with Crippen molar-refractivity contribution in [1.29, 1.82) is 0 Å². The maximum Gasteiger partial charge on any atom is 0.0627 e. The molecule has 1 aromatic rings.